The van der Waals surface area contributed by atoms with Crippen LogP contribution in [-0.4, -0.2) is 43.4 Å². The molecule has 1 aromatic rings. The van der Waals surface area contributed by atoms with Gasteiger partial charge in [-0.25, -0.2) is 0 Å². The molecular formula is C16H23ClN2O. The zero-order chi connectivity index (χ0) is 14.7. The van der Waals surface area contributed by atoms with Crippen molar-refractivity contribution < 1.29 is 4.79 Å². The van der Waals surface area contributed by atoms with Gasteiger partial charge in [0.1, 0.15) is 0 Å². The maximum Gasteiger partial charge on any atom is 0.253 e. The van der Waals surface area contributed by atoms with E-state index in [1.807, 2.05) is 55.1 Å². The van der Waals surface area contributed by atoms with E-state index in [1.165, 1.54) is 0 Å². The van der Waals surface area contributed by atoms with Crippen LogP contribution in [0.2, 0.25) is 0 Å². The van der Waals surface area contributed by atoms with Gasteiger partial charge in [0.05, 0.1) is 0 Å². The van der Waals surface area contributed by atoms with Crippen molar-refractivity contribution in [1.82, 2.24) is 4.90 Å². The molecule has 0 spiro atoms. The molecular weight excluding hydrogens is 272 g/mol. The first-order valence-electron chi connectivity index (χ1n) is 7.19. The third kappa shape index (κ3) is 3.45. The molecule has 110 valence electrons. The molecule has 0 aromatic heterocycles. The number of alkyl halides is 1. The van der Waals surface area contributed by atoms with Gasteiger partial charge in [0.2, 0.25) is 0 Å². The Labute approximate surface area is 126 Å². The summed E-state index contributed by atoms with van der Waals surface area (Å²) in [6, 6.07) is 7.80. The molecule has 4 heteroatoms. The van der Waals surface area contributed by atoms with Crippen molar-refractivity contribution >= 4 is 23.2 Å². The minimum Gasteiger partial charge on any atom is -0.378 e. The molecule has 3 nitrogen and oxygen atoms in total. The largest absolute Gasteiger partial charge is 0.378 e. The van der Waals surface area contributed by atoms with Crippen LogP contribution < -0.4 is 4.90 Å². The smallest absolute Gasteiger partial charge is 0.253 e. The summed E-state index contributed by atoms with van der Waals surface area (Å²) in [5.74, 6) is 0.674. The molecule has 2 rings (SSSR count). The maximum atomic E-state index is 12.4. The number of anilines is 1. The standard InChI is InChI=1S/C16H23ClN2O/c1-12(17)13-8-10-19(11-9-13)16(20)14-4-6-15(7-5-14)18(2)3/h4-7,12-13H,8-11H2,1-3H3. The number of halogens is 1. The number of piperidine rings is 1. The number of amides is 1. The molecule has 0 saturated carbocycles. The minimum atomic E-state index is 0.135. The second kappa shape index (κ2) is 6.49. The monoisotopic (exact) mass is 294 g/mol. The highest BCUT2D eigenvalue weighted by Gasteiger charge is 2.25. The molecule has 0 aliphatic carbocycles. The highest BCUT2D eigenvalue weighted by atomic mass is 35.5. The van der Waals surface area contributed by atoms with Crippen molar-refractivity contribution in [3.63, 3.8) is 0 Å². The Morgan fingerprint density at radius 1 is 1.25 bits per heavy atom. The molecule has 20 heavy (non-hydrogen) atoms. The van der Waals surface area contributed by atoms with Gasteiger partial charge in [-0.1, -0.05) is 0 Å². The van der Waals surface area contributed by atoms with Gasteiger partial charge < -0.3 is 9.80 Å². The number of rotatable bonds is 3. The van der Waals surface area contributed by atoms with Gasteiger partial charge in [0.25, 0.3) is 5.91 Å². The zero-order valence-corrected chi connectivity index (χ0v) is 13.2. The van der Waals surface area contributed by atoms with E-state index in [-0.39, 0.29) is 11.3 Å². The number of nitrogens with zero attached hydrogens (tertiary/aromatic N) is 2. The van der Waals surface area contributed by atoms with Gasteiger partial charge in [-0.2, -0.15) is 0 Å². The summed E-state index contributed by atoms with van der Waals surface area (Å²) in [5.41, 5.74) is 1.88. The Kier molecular flexibility index (Phi) is 4.92. The lowest BCUT2D eigenvalue weighted by Crippen LogP contribution is -2.40. The molecule has 1 atom stereocenters. The second-order valence-electron chi connectivity index (χ2n) is 5.75. The van der Waals surface area contributed by atoms with Crippen molar-refractivity contribution in [1.29, 1.82) is 0 Å². The van der Waals surface area contributed by atoms with Crippen LogP contribution in [0.25, 0.3) is 0 Å². The summed E-state index contributed by atoms with van der Waals surface area (Å²) >= 11 is 6.14. The first kappa shape index (κ1) is 15.2. The predicted octanol–water partition coefficient (Wildman–Crippen LogP) is 3.23. The van der Waals surface area contributed by atoms with E-state index < -0.39 is 0 Å². The molecule has 0 radical (unpaired) electrons. The van der Waals surface area contributed by atoms with E-state index in [1.54, 1.807) is 0 Å². The van der Waals surface area contributed by atoms with Crippen LogP contribution >= 0.6 is 11.6 Å². The summed E-state index contributed by atoms with van der Waals surface area (Å²) < 4.78 is 0. The normalized spacial score (nSPS) is 17.9. The van der Waals surface area contributed by atoms with E-state index in [2.05, 4.69) is 0 Å². The molecule has 1 aliphatic heterocycles. The van der Waals surface area contributed by atoms with E-state index in [0.717, 1.165) is 37.2 Å². The van der Waals surface area contributed by atoms with Crippen molar-refractivity contribution in [2.24, 2.45) is 5.92 Å². The summed E-state index contributed by atoms with van der Waals surface area (Å²) in [4.78, 5) is 16.4. The van der Waals surface area contributed by atoms with Crippen molar-refractivity contribution in [3.8, 4) is 0 Å². The molecule has 0 N–H and O–H groups in total. The quantitative estimate of drug-likeness (QED) is 0.799. The molecule has 0 bridgehead atoms. The fourth-order valence-corrected chi connectivity index (χ4v) is 2.90. The highest BCUT2D eigenvalue weighted by molar-refractivity contribution is 6.20. The van der Waals surface area contributed by atoms with Gasteiger partial charge in [0, 0.05) is 43.8 Å². The average molecular weight is 295 g/mol. The predicted molar refractivity (Wildman–Crippen MR) is 84.7 cm³/mol. The van der Waals surface area contributed by atoms with E-state index in [9.17, 15) is 4.79 Å². The molecule has 1 aliphatic rings. The lowest BCUT2D eigenvalue weighted by atomic mass is 9.93. The number of hydrogen-bond donors (Lipinski definition) is 0. The number of likely N-dealkylation sites (tertiary alicyclic amines) is 1. The van der Waals surface area contributed by atoms with Crippen LogP contribution in [0.5, 0.6) is 0 Å². The van der Waals surface area contributed by atoms with Gasteiger partial charge in [-0.15, -0.1) is 11.6 Å². The number of benzene rings is 1. The highest BCUT2D eigenvalue weighted by Crippen LogP contribution is 2.25. The van der Waals surface area contributed by atoms with Gasteiger partial charge in [-0.3, -0.25) is 4.79 Å². The van der Waals surface area contributed by atoms with Crippen LogP contribution in [0.1, 0.15) is 30.1 Å². The molecule has 1 heterocycles. The van der Waals surface area contributed by atoms with E-state index in [4.69, 9.17) is 11.6 Å². The van der Waals surface area contributed by atoms with Gasteiger partial charge in [-0.05, 0) is 49.9 Å². The maximum absolute atomic E-state index is 12.4. The molecule has 1 aromatic carbocycles. The summed E-state index contributed by atoms with van der Waals surface area (Å²) in [6.45, 7) is 3.68. The van der Waals surface area contributed by atoms with E-state index >= 15 is 0 Å². The molecule has 1 amide bonds. The van der Waals surface area contributed by atoms with Gasteiger partial charge in [0.15, 0.2) is 0 Å². The fraction of sp³-hybridized carbons (Fsp3) is 0.562. The van der Waals surface area contributed by atoms with E-state index in [0.29, 0.717) is 5.92 Å². The Morgan fingerprint density at radius 3 is 2.25 bits per heavy atom. The lowest BCUT2D eigenvalue weighted by Gasteiger charge is -2.33. The second-order valence-corrected chi connectivity index (χ2v) is 6.44. The topological polar surface area (TPSA) is 23.6 Å². The average Bonchev–Trinajstić information content (AvgIpc) is 2.46. The Morgan fingerprint density at radius 2 is 1.80 bits per heavy atom. The van der Waals surface area contributed by atoms with Crippen LogP contribution in [0, 0.1) is 5.92 Å². The SMILES string of the molecule is CC(Cl)C1CCN(C(=O)c2ccc(N(C)C)cc2)CC1. The molecule has 1 unspecified atom stereocenters. The summed E-state index contributed by atoms with van der Waals surface area (Å²) in [5, 5.41) is 0.201. The van der Waals surface area contributed by atoms with Crippen LogP contribution in [0.3, 0.4) is 0 Å². The van der Waals surface area contributed by atoms with Gasteiger partial charge >= 0.3 is 0 Å². The van der Waals surface area contributed by atoms with Crippen LogP contribution in [0.15, 0.2) is 24.3 Å². The molecule has 1 saturated heterocycles. The van der Waals surface area contributed by atoms with Crippen molar-refractivity contribution in [2.75, 3.05) is 32.1 Å². The van der Waals surface area contributed by atoms with Crippen molar-refractivity contribution in [3.05, 3.63) is 29.8 Å². The third-order valence-electron chi connectivity index (χ3n) is 4.11. The Balaban J connectivity index is 1.98. The third-order valence-corrected chi connectivity index (χ3v) is 4.46. The summed E-state index contributed by atoms with van der Waals surface area (Å²) in [6.07, 6.45) is 2.01. The Hall–Kier alpha value is -1.22. The lowest BCUT2D eigenvalue weighted by molar-refractivity contribution is 0.0690. The summed E-state index contributed by atoms with van der Waals surface area (Å²) in [7, 11) is 3.99. The number of carbonyl (C=O) groups excluding carboxylic acids is 1. The molecule has 1 fully saturated rings. The van der Waals surface area contributed by atoms with Crippen LogP contribution in [0.4, 0.5) is 5.69 Å². The first-order chi connectivity index (χ1) is 9.49. The number of carbonyl (C=O) groups is 1. The van der Waals surface area contributed by atoms with Crippen LogP contribution in [-0.2, 0) is 0 Å². The first-order valence-corrected chi connectivity index (χ1v) is 7.63. The zero-order valence-electron chi connectivity index (χ0n) is 12.5. The number of hydrogen-bond acceptors (Lipinski definition) is 2. The fourth-order valence-electron chi connectivity index (χ4n) is 2.65. The minimum absolute atomic E-state index is 0.135. The van der Waals surface area contributed by atoms with Crippen molar-refractivity contribution in [2.45, 2.75) is 25.1 Å². The Bertz CT molecular complexity index is 448.